The minimum atomic E-state index is -0.562. The van der Waals surface area contributed by atoms with Crippen LogP contribution >= 0.6 is 15.9 Å². The average molecular weight is 379 g/mol. The van der Waals surface area contributed by atoms with Gasteiger partial charge in [-0.1, -0.05) is 41.9 Å². The van der Waals surface area contributed by atoms with E-state index in [2.05, 4.69) is 63.6 Å². The van der Waals surface area contributed by atoms with Crippen LogP contribution in [0.1, 0.15) is 25.8 Å². The molecule has 1 aromatic carbocycles. The van der Waals surface area contributed by atoms with E-state index in [0.29, 0.717) is 13.2 Å². The summed E-state index contributed by atoms with van der Waals surface area (Å²) in [4.78, 5) is 4.10. The van der Waals surface area contributed by atoms with Gasteiger partial charge in [0, 0.05) is 41.7 Å². The van der Waals surface area contributed by atoms with Crippen molar-refractivity contribution < 1.29 is 9.47 Å². The van der Waals surface area contributed by atoms with Crippen molar-refractivity contribution in [3.63, 3.8) is 0 Å². The smallest absolute Gasteiger partial charge is 0.174 e. The van der Waals surface area contributed by atoms with E-state index < -0.39 is 5.79 Å². The molecule has 0 unspecified atom stereocenters. The van der Waals surface area contributed by atoms with Gasteiger partial charge in [-0.3, -0.25) is 0 Å². The lowest BCUT2D eigenvalue weighted by Gasteiger charge is -2.44. The van der Waals surface area contributed by atoms with Gasteiger partial charge >= 0.3 is 0 Å². The summed E-state index contributed by atoms with van der Waals surface area (Å²) in [5.41, 5.74) is 1.29. The number of imidazole rings is 1. The maximum absolute atomic E-state index is 6.25. The van der Waals surface area contributed by atoms with E-state index in [1.54, 1.807) is 6.20 Å². The zero-order valence-corrected chi connectivity index (χ0v) is 15.3. The van der Waals surface area contributed by atoms with Gasteiger partial charge < -0.3 is 14.0 Å². The molecule has 2 aromatic rings. The third-order valence-electron chi connectivity index (χ3n) is 4.15. The summed E-state index contributed by atoms with van der Waals surface area (Å²) in [5.74, 6) is -0.562. The molecule has 0 saturated carbocycles. The van der Waals surface area contributed by atoms with Crippen molar-refractivity contribution >= 4 is 15.9 Å². The highest BCUT2D eigenvalue weighted by molar-refractivity contribution is 9.10. The van der Waals surface area contributed by atoms with Gasteiger partial charge in [-0.2, -0.15) is 0 Å². The van der Waals surface area contributed by atoms with Gasteiger partial charge in [0.15, 0.2) is 5.79 Å². The van der Waals surface area contributed by atoms with E-state index in [0.717, 1.165) is 23.9 Å². The largest absolute Gasteiger partial charge is 0.349 e. The number of aryl methyl sites for hydroxylation is 1. The summed E-state index contributed by atoms with van der Waals surface area (Å²) in [6.45, 7) is 6.61. The Hall–Kier alpha value is -1.17. The minimum absolute atomic E-state index is 0.0677. The highest BCUT2D eigenvalue weighted by atomic mass is 79.9. The van der Waals surface area contributed by atoms with Crippen molar-refractivity contribution in [2.75, 3.05) is 13.2 Å². The SMILES string of the molecule is CC1(C)COC(CCn2ccnc2)(Cc2ccc(Br)cc2)OC1. The fourth-order valence-electron chi connectivity index (χ4n) is 2.70. The monoisotopic (exact) mass is 378 g/mol. The predicted molar refractivity (Wildman–Crippen MR) is 93.1 cm³/mol. The molecule has 0 spiro atoms. The molecule has 1 aliphatic rings. The Balaban J connectivity index is 1.74. The van der Waals surface area contributed by atoms with Crippen molar-refractivity contribution in [2.24, 2.45) is 5.41 Å². The molecule has 1 saturated heterocycles. The molecular weight excluding hydrogens is 356 g/mol. The van der Waals surface area contributed by atoms with Crippen LogP contribution in [0.2, 0.25) is 0 Å². The lowest BCUT2D eigenvalue weighted by Crippen LogP contribution is -2.49. The standard InChI is InChI=1S/C18H23BrN2O2/c1-17(2)12-22-18(23-13-17,7-9-21-10-8-20-14-21)11-15-3-5-16(19)6-4-15/h3-6,8,10,14H,7,9,11-13H2,1-2H3. The van der Waals surface area contributed by atoms with Gasteiger partial charge in [0.25, 0.3) is 0 Å². The van der Waals surface area contributed by atoms with Crippen LogP contribution in [0, 0.1) is 5.41 Å². The van der Waals surface area contributed by atoms with Crippen molar-refractivity contribution in [1.29, 1.82) is 0 Å². The molecule has 23 heavy (non-hydrogen) atoms. The van der Waals surface area contributed by atoms with E-state index in [1.165, 1.54) is 5.56 Å². The van der Waals surface area contributed by atoms with E-state index in [4.69, 9.17) is 9.47 Å². The first-order valence-electron chi connectivity index (χ1n) is 7.95. The molecule has 2 heterocycles. The van der Waals surface area contributed by atoms with Crippen molar-refractivity contribution in [3.8, 4) is 0 Å². The summed E-state index contributed by atoms with van der Waals surface area (Å²) in [5, 5.41) is 0. The van der Waals surface area contributed by atoms with Crippen LogP contribution in [0.5, 0.6) is 0 Å². The molecule has 4 nitrogen and oxygen atoms in total. The Morgan fingerprint density at radius 3 is 2.48 bits per heavy atom. The first kappa shape index (κ1) is 16.7. The second-order valence-corrected chi connectivity index (χ2v) is 7.92. The molecule has 124 valence electrons. The lowest BCUT2D eigenvalue weighted by atomic mass is 9.92. The second kappa shape index (κ2) is 6.75. The summed E-state index contributed by atoms with van der Waals surface area (Å²) >= 11 is 3.48. The Labute approximate surface area is 146 Å². The fraction of sp³-hybridized carbons (Fsp3) is 0.500. The third kappa shape index (κ3) is 4.43. The normalized spacial score (nSPS) is 19.6. The van der Waals surface area contributed by atoms with Gasteiger partial charge in [-0.05, 0) is 17.7 Å². The van der Waals surface area contributed by atoms with E-state index in [1.807, 2.05) is 12.5 Å². The molecule has 5 heteroatoms. The Morgan fingerprint density at radius 2 is 1.87 bits per heavy atom. The van der Waals surface area contributed by atoms with Gasteiger partial charge in [-0.15, -0.1) is 0 Å². The molecule has 1 aliphatic heterocycles. The number of benzene rings is 1. The van der Waals surface area contributed by atoms with Crippen LogP contribution in [-0.2, 0) is 22.4 Å². The summed E-state index contributed by atoms with van der Waals surface area (Å²) in [6.07, 6.45) is 7.16. The van der Waals surface area contributed by atoms with Crippen LogP contribution in [-0.4, -0.2) is 28.6 Å². The highest BCUT2D eigenvalue weighted by Gasteiger charge is 2.40. The minimum Gasteiger partial charge on any atom is -0.349 e. The first-order chi connectivity index (χ1) is 11.0. The maximum atomic E-state index is 6.25. The number of halogens is 1. The molecular formula is C18H23BrN2O2. The highest BCUT2D eigenvalue weighted by Crippen LogP contribution is 2.34. The van der Waals surface area contributed by atoms with E-state index in [9.17, 15) is 0 Å². The average Bonchev–Trinajstić information content (AvgIpc) is 3.04. The first-order valence-corrected chi connectivity index (χ1v) is 8.74. The summed E-state index contributed by atoms with van der Waals surface area (Å²) < 4.78 is 15.6. The lowest BCUT2D eigenvalue weighted by molar-refractivity contribution is -0.301. The molecule has 0 radical (unpaired) electrons. The van der Waals surface area contributed by atoms with Gasteiger partial charge in [0.1, 0.15) is 0 Å². The van der Waals surface area contributed by atoms with Crippen LogP contribution in [0.25, 0.3) is 0 Å². The van der Waals surface area contributed by atoms with Gasteiger partial charge in [0.05, 0.1) is 19.5 Å². The molecule has 0 aliphatic carbocycles. The van der Waals surface area contributed by atoms with Crippen LogP contribution in [0.3, 0.4) is 0 Å². The summed E-state index contributed by atoms with van der Waals surface area (Å²) in [7, 11) is 0. The number of hydrogen-bond acceptors (Lipinski definition) is 3. The quantitative estimate of drug-likeness (QED) is 0.787. The molecule has 0 atom stereocenters. The molecule has 1 aromatic heterocycles. The second-order valence-electron chi connectivity index (χ2n) is 7.01. The van der Waals surface area contributed by atoms with Crippen molar-refractivity contribution in [1.82, 2.24) is 9.55 Å². The van der Waals surface area contributed by atoms with Crippen molar-refractivity contribution in [2.45, 2.75) is 39.0 Å². The number of ether oxygens (including phenoxy) is 2. The van der Waals surface area contributed by atoms with Gasteiger partial charge in [-0.25, -0.2) is 4.98 Å². The zero-order chi connectivity index (χ0) is 16.3. The van der Waals surface area contributed by atoms with Gasteiger partial charge in [0.2, 0.25) is 0 Å². The molecule has 0 bridgehead atoms. The zero-order valence-electron chi connectivity index (χ0n) is 13.7. The van der Waals surface area contributed by atoms with Crippen molar-refractivity contribution in [3.05, 3.63) is 53.0 Å². The number of rotatable bonds is 5. The molecule has 0 N–H and O–H groups in total. The van der Waals surface area contributed by atoms with Crippen LogP contribution in [0.15, 0.2) is 47.5 Å². The third-order valence-corrected chi connectivity index (χ3v) is 4.68. The Morgan fingerprint density at radius 1 is 1.17 bits per heavy atom. The number of hydrogen-bond donors (Lipinski definition) is 0. The van der Waals surface area contributed by atoms with Crippen LogP contribution < -0.4 is 0 Å². The molecule has 1 fully saturated rings. The van der Waals surface area contributed by atoms with E-state index in [-0.39, 0.29) is 5.41 Å². The molecule has 0 amide bonds. The summed E-state index contributed by atoms with van der Waals surface area (Å²) in [6, 6.07) is 8.36. The Bertz CT molecular complexity index is 613. The number of nitrogens with zero attached hydrogens (tertiary/aromatic N) is 2. The van der Waals surface area contributed by atoms with E-state index >= 15 is 0 Å². The predicted octanol–water partition coefficient (Wildman–Crippen LogP) is 4.05. The van der Waals surface area contributed by atoms with Crippen LogP contribution in [0.4, 0.5) is 0 Å². The molecule has 3 rings (SSSR count). The topological polar surface area (TPSA) is 36.3 Å². The Kier molecular flexibility index (Phi) is 4.90. The fourth-order valence-corrected chi connectivity index (χ4v) is 2.97. The number of aromatic nitrogens is 2. The maximum Gasteiger partial charge on any atom is 0.174 e.